The van der Waals surface area contributed by atoms with Gasteiger partial charge in [0.1, 0.15) is 5.92 Å². The standard InChI is InChI=1S/C13H12ClNO2/c14-11-3-1-9(2-4-11)12(7-15)13(16)10-5-6-17-8-10/h1-4,10,12H,5-6,8H2. The molecule has 1 aliphatic heterocycles. The van der Waals surface area contributed by atoms with Crippen LogP contribution in [0.1, 0.15) is 17.9 Å². The van der Waals surface area contributed by atoms with Crippen molar-refractivity contribution < 1.29 is 9.53 Å². The summed E-state index contributed by atoms with van der Waals surface area (Å²) in [4.78, 5) is 12.1. The van der Waals surface area contributed by atoms with Gasteiger partial charge in [-0.05, 0) is 24.1 Å². The van der Waals surface area contributed by atoms with E-state index in [4.69, 9.17) is 21.6 Å². The number of halogens is 1. The van der Waals surface area contributed by atoms with Gasteiger partial charge in [-0.15, -0.1) is 0 Å². The van der Waals surface area contributed by atoms with Gasteiger partial charge in [0.2, 0.25) is 0 Å². The van der Waals surface area contributed by atoms with Gasteiger partial charge in [-0.2, -0.15) is 5.26 Å². The minimum atomic E-state index is -0.709. The third-order valence-corrected chi connectivity index (χ3v) is 3.20. The molecular weight excluding hydrogens is 238 g/mol. The largest absolute Gasteiger partial charge is 0.381 e. The Hall–Kier alpha value is -1.37. The fourth-order valence-electron chi connectivity index (χ4n) is 1.95. The average molecular weight is 250 g/mol. The maximum atomic E-state index is 12.1. The maximum absolute atomic E-state index is 12.1. The predicted octanol–water partition coefficient (Wildman–Crippen LogP) is 2.55. The minimum Gasteiger partial charge on any atom is -0.381 e. The van der Waals surface area contributed by atoms with E-state index in [0.29, 0.717) is 30.2 Å². The van der Waals surface area contributed by atoms with Gasteiger partial charge in [0.05, 0.1) is 12.7 Å². The molecule has 2 atom stereocenters. The van der Waals surface area contributed by atoms with E-state index in [9.17, 15) is 4.79 Å². The number of ketones is 1. The molecule has 1 aromatic rings. The molecule has 1 aromatic carbocycles. The molecule has 17 heavy (non-hydrogen) atoms. The number of carbonyl (C=O) groups excluding carboxylic acids is 1. The summed E-state index contributed by atoms with van der Waals surface area (Å²) < 4.78 is 5.18. The summed E-state index contributed by atoms with van der Waals surface area (Å²) in [6, 6.07) is 8.91. The first-order chi connectivity index (χ1) is 8.22. The second-order valence-corrected chi connectivity index (χ2v) is 4.51. The van der Waals surface area contributed by atoms with Crippen LogP contribution in [0.2, 0.25) is 5.02 Å². The Morgan fingerprint density at radius 3 is 2.71 bits per heavy atom. The SMILES string of the molecule is N#CC(C(=O)C1CCOC1)c1ccc(Cl)cc1. The highest BCUT2D eigenvalue weighted by molar-refractivity contribution is 6.30. The Morgan fingerprint density at radius 1 is 1.47 bits per heavy atom. The van der Waals surface area contributed by atoms with Crippen molar-refractivity contribution in [1.82, 2.24) is 0 Å². The highest BCUT2D eigenvalue weighted by Crippen LogP contribution is 2.25. The minimum absolute atomic E-state index is 0.0488. The number of hydrogen-bond donors (Lipinski definition) is 0. The third kappa shape index (κ3) is 2.66. The number of Topliss-reactive ketones (excluding diaryl/α,β-unsaturated/α-hetero) is 1. The molecule has 2 unspecified atom stereocenters. The van der Waals surface area contributed by atoms with Crippen molar-refractivity contribution in [3.63, 3.8) is 0 Å². The molecule has 3 nitrogen and oxygen atoms in total. The molecule has 0 amide bonds. The van der Waals surface area contributed by atoms with Crippen LogP contribution in [0.5, 0.6) is 0 Å². The molecule has 0 N–H and O–H groups in total. The van der Waals surface area contributed by atoms with Crippen LogP contribution in [-0.4, -0.2) is 19.0 Å². The lowest BCUT2D eigenvalue weighted by atomic mass is 9.88. The van der Waals surface area contributed by atoms with Gasteiger partial charge in [0, 0.05) is 17.5 Å². The number of rotatable bonds is 3. The van der Waals surface area contributed by atoms with Crippen LogP contribution in [0.3, 0.4) is 0 Å². The fraction of sp³-hybridized carbons (Fsp3) is 0.385. The Labute approximate surface area is 105 Å². The molecule has 0 spiro atoms. The summed E-state index contributed by atoms with van der Waals surface area (Å²) in [6.07, 6.45) is 0.713. The van der Waals surface area contributed by atoms with E-state index in [1.54, 1.807) is 24.3 Å². The van der Waals surface area contributed by atoms with Crippen LogP contribution in [-0.2, 0) is 9.53 Å². The average Bonchev–Trinajstić information content (AvgIpc) is 2.86. The lowest BCUT2D eigenvalue weighted by molar-refractivity contribution is -0.123. The maximum Gasteiger partial charge on any atom is 0.159 e. The summed E-state index contributed by atoms with van der Waals surface area (Å²) in [7, 11) is 0. The van der Waals surface area contributed by atoms with Crippen LogP contribution < -0.4 is 0 Å². The lowest BCUT2D eigenvalue weighted by Gasteiger charge is -2.12. The van der Waals surface area contributed by atoms with E-state index in [0.717, 1.165) is 0 Å². The Kier molecular flexibility index (Phi) is 3.78. The smallest absolute Gasteiger partial charge is 0.159 e. The monoisotopic (exact) mass is 249 g/mol. The fourth-order valence-corrected chi connectivity index (χ4v) is 2.08. The molecule has 0 aromatic heterocycles. The highest BCUT2D eigenvalue weighted by Gasteiger charge is 2.30. The molecule has 0 radical (unpaired) electrons. The molecule has 0 bridgehead atoms. The zero-order chi connectivity index (χ0) is 12.3. The number of hydrogen-bond acceptors (Lipinski definition) is 3. The summed E-state index contributed by atoms with van der Waals surface area (Å²) in [5, 5.41) is 9.73. The van der Waals surface area contributed by atoms with Crippen molar-refractivity contribution in [2.45, 2.75) is 12.3 Å². The van der Waals surface area contributed by atoms with Crippen LogP contribution in [0.25, 0.3) is 0 Å². The summed E-state index contributed by atoms with van der Waals surface area (Å²) >= 11 is 5.78. The Morgan fingerprint density at radius 2 is 2.18 bits per heavy atom. The van der Waals surface area contributed by atoms with Crippen LogP contribution in [0, 0.1) is 17.2 Å². The van der Waals surface area contributed by atoms with Gasteiger partial charge in [0.25, 0.3) is 0 Å². The highest BCUT2D eigenvalue weighted by atomic mass is 35.5. The first-order valence-electron chi connectivity index (χ1n) is 5.49. The van der Waals surface area contributed by atoms with Crippen molar-refractivity contribution in [3.05, 3.63) is 34.9 Å². The van der Waals surface area contributed by atoms with E-state index in [-0.39, 0.29) is 11.7 Å². The molecule has 88 valence electrons. The zero-order valence-corrected chi connectivity index (χ0v) is 9.98. The third-order valence-electron chi connectivity index (χ3n) is 2.95. The zero-order valence-electron chi connectivity index (χ0n) is 9.23. The molecule has 2 rings (SSSR count). The second kappa shape index (κ2) is 5.31. The first kappa shape index (κ1) is 12.1. The van der Waals surface area contributed by atoms with Crippen molar-refractivity contribution in [1.29, 1.82) is 5.26 Å². The van der Waals surface area contributed by atoms with Gasteiger partial charge in [-0.3, -0.25) is 4.79 Å². The van der Waals surface area contributed by atoms with Crippen LogP contribution in [0.15, 0.2) is 24.3 Å². The number of nitrogens with zero attached hydrogens (tertiary/aromatic N) is 1. The normalized spacial score (nSPS) is 20.8. The molecule has 1 saturated heterocycles. The van der Waals surface area contributed by atoms with Gasteiger partial charge in [-0.1, -0.05) is 23.7 Å². The van der Waals surface area contributed by atoms with Gasteiger partial charge in [-0.25, -0.2) is 0 Å². The Balaban J connectivity index is 2.18. The molecule has 0 aliphatic carbocycles. The molecule has 4 heteroatoms. The second-order valence-electron chi connectivity index (χ2n) is 4.08. The number of ether oxygens (including phenoxy) is 1. The molecule has 1 aliphatic rings. The van der Waals surface area contributed by atoms with Crippen LogP contribution >= 0.6 is 11.6 Å². The molecule has 0 saturated carbocycles. The topological polar surface area (TPSA) is 50.1 Å². The van der Waals surface area contributed by atoms with E-state index >= 15 is 0 Å². The van der Waals surface area contributed by atoms with Crippen molar-refractivity contribution in [2.75, 3.05) is 13.2 Å². The summed E-state index contributed by atoms with van der Waals surface area (Å²) in [5.41, 5.74) is 0.703. The number of benzene rings is 1. The predicted molar refractivity (Wildman–Crippen MR) is 63.7 cm³/mol. The van der Waals surface area contributed by atoms with Crippen molar-refractivity contribution in [2.24, 2.45) is 5.92 Å². The van der Waals surface area contributed by atoms with Crippen molar-refractivity contribution >= 4 is 17.4 Å². The van der Waals surface area contributed by atoms with E-state index in [1.165, 1.54) is 0 Å². The van der Waals surface area contributed by atoms with E-state index in [2.05, 4.69) is 6.07 Å². The van der Waals surface area contributed by atoms with E-state index < -0.39 is 5.92 Å². The van der Waals surface area contributed by atoms with Crippen molar-refractivity contribution in [3.8, 4) is 6.07 Å². The van der Waals surface area contributed by atoms with Gasteiger partial charge in [0.15, 0.2) is 5.78 Å². The Bertz CT molecular complexity index is 443. The van der Waals surface area contributed by atoms with Gasteiger partial charge < -0.3 is 4.74 Å². The molecular formula is C13H12ClNO2. The number of nitriles is 1. The molecule has 1 fully saturated rings. The lowest BCUT2D eigenvalue weighted by Crippen LogP contribution is -2.21. The van der Waals surface area contributed by atoms with E-state index in [1.807, 2.05) is 0 Å². The number of carbonyl (C=O) groups is 1. The quantitative estimate of drug-likeness (QED) is 0.827. The summed E-state index contributed by atoms with van der Waals surface area (Å²) in [6.45, 7) is 1.04. The first-order valence-corrected chi connectivity index (χ1v) is 5.86. The summed E-state index contributed by atoms with van der Waals surface area (Å²) in [5.74, 6) is -0.901. The molecule has 1 heterocycles. The van der Waals surface area contributed by atoms with Crippen LogP contribution in [0.4, 0.5) is 0 Å². The van der Waals surface area contributed by atoms with Gasteiger partial charge >= 0.3 is 0 Å².